The molecule has 5 aromatic rings. The van der Waals surface area contributed by atoms with E-state index in [9.17, 15) is 4.79 Å². The van der Waals surface area contributed by atoms with Crippen LogP contribution in [0.5, 0.6) is 11.5 Å². The first-order valence-corrected chi connectivity index (χ1v) is 10.7. The molecule has 1 N–H and O–H groups in total. The van der Waals surface area contributed by atoms with Gasteiger partial charge in [-0.05, 0) is 55.3 Å². The average Bonchev–Trinajstić information content (AvgIpc) is 3.21. The number of methoxy groups -OCH3 is 1. The number of anilines is 2. The predicted octanol–water partition coefficient (Wildman–Crippen LogP) is 6.67. The van der Waals surface area contributed by atoms with Crippen molar-refractivity contribution < 1.29 is 18.3 Å². The number of rotatable bonds is 6. The Morgan fingerprint density at radius 3 is 2.52 bits per heavy atom. The Kier molecular flexibility index (Phi) is 5.26. The van der Waals surface area contributed by atoms with Crippen molar-refractivity contribution in [3.63, 3.8) is 0 Å². The zero-order valence-corrected chi connectivity index (χ0v) is 18.6. The van der Waals surface area contributed by atoms with E-state index in [2.05, 4.69) is 5.32 Å². The van der Waals surface area contributed by atoms with Crippen LogP contribution in [0.2, 0.25) is 0 Å². The molecule has 0 aliphatic carbocycles. The normalized spacial score (nSPS) is 11.1. The maximum Gasteiger partial charge on any atom is 0.348 e. The zero-order chi connectivity index (χ0) is 22.9. The van der Waals surface area contributed by atoms with Crippen LogP contribution < -0.4 is 20.4 Å². The van der Waals surface area contributed by atoms with E-state index < -0.39 is 5.63 Å². The summed E-state index contributed by atoms with van der Waals surface area (Å²) < 4.78 is 23.2. The SMILES string of the molecule is CCOc1ccc(-c2c(Nc3ccccc3C)oc3c2c(=O)oc2ccccc23)cc1OC. The highest BCUT2D eigenvalue weighted by molar-refractivity contribution is 6.10. The van der Waals surface area contributed by atoms with E-state index in [1.807, 2.05) is 74.5 Å². The first-order chi connectivity index (χ1) is 16.1. The molecule has 0 aliphatic rings. The summed E-state index contributed by atoms with van der Waals surface area (Å²) in [5, 5.41) is 4.48. The van der Waals surface area contributed by atoms with Crippen molar-refractivity contribution >= 4 is 33.5 Å². The Hall–Kier alpha value is -4.19. The molecule has 2 aromatic heterocycles. The van der Waals surface area contributed by atoms with Gasteiger partial charge in [0.2, 0.25) is 5.88 Å². The van der Waals surface area contributed by atoms with Crippen LogP contribution in [0, 0.1) is 6.92 Å². The minimum Gasteiger partial charge on any atom is -0.493 e. The fraction of sp³-hybridized carbons (Fsp3) is 0.148. The molecule has 2 heterocycles. The van der Waals surface area contributed by atoms with E-state index in [-0.39, 0.29) is 0 Å². The number of aryl methyl sites for hydroxylation is 1. The van der Waals surface area contributed by atoms with Crippen LogP contribution in [-0.2, 0) is 0 Å². The van der Waals surface area contributed by atoms with E-state index in [0.717, 1.165) is 22.2 Å². The molecule has 0 fully saturated rings. The van der Waals surface area contributed by atoms with Crippen molar-refractivity contribution in [2.45, 2.75) is 13.8 Å². The van der Waals surface area contributed by atoms with Crippen molar-refractivity contribution in [2.75, 3.05) is 19.0 Å². The molecule has 0 unspecified atom stereocenters. The molecule has 0 aliphatic heterocycles. The minimum atomic E-state index is -0.465. The second kappa shape index (κ2) is 8.39. The molecular formula is C27H23NO5. The molecule has 0 spiro atoms. The summed E-state index contributed by atoms with van der Waals surface area (Å²) in [5.74, 6) is 1.65. The van der Waals surface area contributed by atoms with E-state index in [0.29, 0.717) is 46.1 Å². The summed E-state index contributed by atoms with van der Waals surface area (Å²) in [6, 6.07) is 20.8. The largest absolute Gasteiger partial charge is 0.493 e. The Bertz CT molecular complexity index is 1530. The van der Waals surface area contributed by atoms with Gasteiger partial charge in [-0.1, -0.05) is 36.4 Å². The molecule has 5 rings (SSSR count). The lowest BCUT2D eigenvalue weighted by Crippen LogP contribution is -2.01. The third-order valence-corrected chi connectivity index (χ3v) is 5.59. The van der Waals surface area contributed by atoms with Gasteiger partial charge in [-0.25, -0.2) is 4.79 Å². The number of hydrogen-bond acceptors (Lipinski definition) is 6. The number of hydrogen-bond donors (Lipinski definition) is 1. The second-order valence-electron chi connectivity index (χ2n) is 7.63. The molecule has 3 aromatic carbocycles. The quantitative estimate of drug-likeness (QED) is 0.297. The van der Waals surface area contributed by atoms with Gasteiger partial charge in [-0.2, -0.15) is 0 Å². The van der Waals surface area contributed by atoms with Crippen molar-refractivity contribution in [3.8, 4) is 22.6 Å². The van der Waals surface area contributed by atoms with Crippen LogP contribution in [0.3, 0.4) is 0 Å². The lowest BCUT2D eigenvalue weighted by Gasteiger charge is -2.12. The van der Waals surface area contributed by atoms with Gasteiger partial charge in [-0.15, -0.1) is 0 Å². The summed E-state index contributed by atoms with van der Waals surface area (Å²) in [6.45, 7) is 4.44. The minimum absolute atomic E-state index is 0.371. The zero-order valence-electron chi connectivity index (χ0n) is 18.6. The maximum atomic E-state index is 13.1. The van der Waals surface area contributed by atoms with E-state index in [1.54, 1.807) is 13.2 Å². The smallest absolute Gasteiger partial charge is 0.348 e. The van der Waals surface area contributed by atoms with Gasteiger partial charge >= 0.3 is 5.63 Å². The molecule has 0 saturated carbocycles. The molecule has 0 atom stereocenters. The molecule has 0 bridgehead atoms. The van der Waals surface area contributed by atoms with Gasteiger partial charge in [-0.3, -0.25) is 0 Å². The molecule has 166 valence electrons. The van der Waals surface area contributed by atoms with Gasteiger partial charge in [0.1, 0.15) is 11.0 Å². The molecule has 33 heavy (non-hydrogen) atoms. The standard InChI is InChI=1S/C27H23NO5/c1-4-31-21-14-13-17(15-22(21)30-3)23-24-25(18-10-6-8-12-20(18)32-27(24)29)33-26(23)28-19-11-7-5-9-16(19)2/h5-15,28H,4H2,1-3H3. The van der Waals surface area contributed by atoms with Crippen LogP contribution in [-0.4, -0.2) is 13.7 Å². The average molecular weight is 441 g/mol. The summed E-state index contributed by atoms with van der Waals surface area (Å²) >= 11 is 0. The molecule has 0 saturated heterocycles. The van der Waals surface area contributed by atoms with Crippen molar-refractivity contribution in [2.24, 2.45) is 0 Å². The third-order valence-electron chi connectivity index (χ3n) is 5.59. The van der Waals surface area contributed by atoms with E-state index >= 15 is 0 Å². The van der Waals surface area contributed by atoms with Gasteiger partial charge in [0, 0.05) is 5.69 Å². The van der Waals surface area contributed by atoms with Crippen molar-refractivity contribution in [1.29, 1.82) is 0 Å². The summed E-state index contributed by atoms with van der Waals surface area (Å²) in [5.41, 5.74) is 3.76. The monoisotopic (exact) mass is 441 g/mol. The number of nitrogens with one attached hydrogen (secondary N) is 1. The summed E-state index contributed by atoms with van der Waals surface area (Å²) in [4.78, 5) is 13.1. The van der Waals surface area contributed by atoms with E-state index in [4.69, 9.17) is 18.3 Å². The molecule has 6 heteroatoms. The lowest BCUT2D eigenvalue weighted by atomic mass is 10.0. The highest BCUT2D eigenvalue weighted by atomic mass is 16.5. The Morgan fingerprint density at radius 1 is 0.939 bits per heavy atom. The van der Waals surface area contributed by atoms with Crippen molar-refractivity contribution in [1.82, 2.24) is 0 Å². The van der Waals surface area contributed by atoms with Crippen LogP contribution in [0.4, 0.5) is 11.6 Å². The topological polar surface area (TPSA) is 73.8 Å². The Morgan fingerprint density at radius 2 is 1.73 bits per heavy atom. The lowest BCUT2D eigenvalue weighted by molar-refractivity contribution is 0.311. The van der Waals surface area contributed by atoms with Crippen molar-refractivity contribution in [3.05, 3.63) is 82.7 Å². The number of furan rings is 1. The van der Waals surface area contributed by atoms with Gasteiger partial charge < -0.3 is 23.6 Å². The second-order valence-corrected chi connectivity index (χ2v) is 7.63. The molecular weight excluding hydrogens is 418 g/mol. The third kappa shape index (κ3) is 3.59. The molecule has 6 nitrogen and oxygen atoms in total. The number of para-hydroxylation sites is 2. The van der Waals surface area contributed by atoms with Crippen LogP contribution in [0.1, 0.15) is 12.5 Å². The van der Waals surface area contributed by atoms with Gasteiger partial charge in [0.15, 0.2) is 17.1 Å². The summed E-state index contributed by atoms with van der Waals surface area (Å²) in [7, 11) is 1.59. The Labute approximate surface area is 190 Å². The fourth-order valence-corrected chi connectivity index (χ4v) is 4.01. The fourth-order valence-electron chi connectivity index (χ4n) is 4.01. The number of benzene rings is 3. The van der Waals surface area contributed by atoms with Crippen LogP contribution >= 0.6 is 0 Å². The first-order valence-electron chi connectivity index (χ1n) is 10.7. The van der Waals surface area contributed by atoms with E-state index in [1.165, 1.54) is 0 Å². The highest BCUT2D eigenvalue weighted by Crippen LogP contribution is 2.43. The summed E-state index contributed by atoms with van der Waals surface area (Å²) in [6.07, 6.45) is 0. The Balaban J connectivity index is 1.81. The van der Waals surface area contributed by atoms with Crippen LogP contribution in [0.15, 0.2) is 80.4 Å². The number of fused-ring (bicyclic) bond motifs is 3. The van der Waals surface area contributed by atoms with Gasteiger partial charge in [0.25, 0.3) is 0 Å². The molecule has 0 amide bonds. The highest BCUT2D eigenvalue weighted by Gasteiger charge is 2.24. The number of ether oxygens (including phenoxy) is 2. The first kappa shape index (κ1) is 20.7. The maximum absolute atomic E-state index is 13.1. The predicted molar refractivity (Wildman–Crippen MR) is 130 cm³/mol. The molecule has 0 radical (unpaired) electrons. The van der Waals surface area contributed by atoms with Crippen LogP contribution in [0.25, 0.3) is 33.1 Å². The van der Waals surface area contributed by atoms with Gasteiger partial charge in [0.05, 0.1) is 24.7 Å².